The summed E-state index contributed by atoms with van der Waals surface area (Å²) < 4.78 is 5.11. The minimum atomic E-state index is -0.210. The molecule has 2 N–H and O–H groups in total. The zero-order chi connectivity index (χ0) is 11.8. The van der Waals surface area contributed by atoms with E-state index < -0.39 is 0 Å². The fourth-order valence-corrected chi connectivity index (χ4v) is 2.13. The van der Waals surface area contributed by atoms with Crippen LogP contribution >= 0.6 is 0 Å². The maximum Gasteiger partial charge on any atom is 0.0664 e. The highest BCUT2D eigenvalue weighted by atomic mass is 16.5. The Hall–Kier alpha value is -0.160. The molecule has 0 amide bonds. The van der Waals surface area contributed by atoms with Crippen LogP contribution in [0.2, 0.25) is 0 Å². The predicted octanol–water partition coefficient (Wildman–Crippen LogP) is 0.458. The second-order valence-electron chi connectivity index (χ2n) is 4.61. The van der Waals surface area contributed by atoms with Gasteiger partial charge < -0.3 is 15.2 Å². The Morgan fingerprint density at radius 2 is 2.38 bits per heavy atom. The molecule has 1 saturated heterocycles. The van der Waals surface area contributed by atoms with Gasteiger partial charge in [0.05, 0.1) is 12.7 Å². The second kappa shape index (κ2) is 8.01. The molecule has 0 spiro atoms. The lowest BCUT2D eigenvalue weighted by atomic mass is 10.2. The molecule has 0 aromatic carbocycles. The van der Waals surface area contributed by atoms with E-state index in [0.29, 0.717) is 6.04 Å². The highest BCUT2D eigenvalue weighted by molar-refractivity contribution is 4.78. The van der Waals surface area contributed by atoms with E-state index in [0.717, 1.165) is 39.2 Å². The molecule has 0 aliphatic carbocycles. The molecule has 1 heterocycles. The first-order chi connectivity index (χ1) is 7.76. The van der Waals surface area contributed by atoms with Crippen LogP contribution in [0.3, 0.4) is 0 Å². The SMILES string of the molecule is CCC(O)CN(CCOC)CC1CCCN1. The number of aliphatic hydroxyl groups is 1. The van der Waals surface area contributed by atoms with Crippen molar-refractivity contribution in [1.29, 1.82) is 0 Å². The van der Waals surface area contributed by atoms with Crippen LogP contribution in [0.25, 0.3) is 0 Å². The van der Waals surface area contributed by atoms with E-state index in [1.54, 1.807) is 7.11 Å². The molecule has 0 aromatic rings. The van der Waals surface area contributed by atoms with Crippen molar-refractivity contribution < 1.29 is 9.84 Å². The fourth-order valence-electron chi connectivity index (χ4n) is 2.13. The number of hydrogen-bond donors (Lipinski definition) is 2. The number of nitrogens with one attached hydrogen (secondary N) is 1. The maximum absolute atomic E-state index is 9.70. The van der Waals surface area contributed by atoms with Crippen molar-refractivity contribution in [1.82, 2.24) is 10.2 Å². The molecule has 1 fully saturated rings. The molecule has 16 heavy (non-hydrogen) atoms. The van der Waals surface area contributed by atoms with Crippen molar-refractivity contribution in [2.75, 3.05) is 39.9 Å². The summed E-state index contributed by atoms with van der Waals surface area (Å²) in [7, 11) is 1.72. The van der Waals surface area contributed by atoms with E-state index in [-0.39, 0.29) is 6.10 Å². The van der Waals surface area contributed by atoms with Gasteiger partial charge in [0.1, 0.15) is 0 Å². The van der Waals surface area contributed by atoms with Crippen molar-refractivity contribution in [3.63, 3.8) is 0 Å². The summed E-state index contributed by atoms with van der Waals surface area (Å²) in [5, 5.41) is 13.2. The third-order valence-electron chi connectivity index (χ3n) is 3.19. The van der Waals surface area contributed by atoms with Crippen LogP contribution in [0, 0.1) is 0 Å². The zero-order valence-electron chi connectivity index (χ0n) is 10.6. The first kappa shape index (κ1) is 13.9. The summed E-state index contributed by atoms with van der Waals surface area (Å²) >= 11 is 0. The van der Waals surface area contributed by atoms with Crippen molar-refractivity contribution >= 4 is 0 Å². The Balaban J connectivity index is 2.29. The van der Waals surface area contributed by atoms with Gasteiger partial charge in [0.2, 0.25) is 0 Å². The Morgan fingerprint density at radius 3 is 2.94 bits per heavy atom. The topological polar surface area (TPSA) is 44.7 Å². The summed E-state index contributed by atoms with van der Waals surface area (Å²) in [6.07, 6.45) is 3.14. The molecule has 2 unspecified atom stereocenters. The van der Waals surface area contributed by atoms with Gasteiger partial charge in [-0.1, -0.05) is 6.92 Å². The first-order valence-electron chi connectivity index (χ1n) is 6.39. The molecular formula is C12H26N2O2. The van der Waals surface area contributed by atoms with Crippen molar-refractivity contribution in [3.05, 3.63) is 0 Å². The average molecular weight is 230 g/mol. The molecule has 0 radical (unpaired) electrons. The van der Waals surface area contributed by atoms with Crippen LogP contribution in [0.15, 0.2) is 0 Å². The van der Waals surface area contributed by atoms with Crippen LogP contribution < -0.4 is 5.32 Å². The van der Waals surface area contributed by atoms with E-state index in [1.807, 2.05) is 6.92 Å². The van der Waals surface area contributed by atoms with E-state index in [1.165, 1.54) is 12.8 Å². The van der Waals surface area contributed by atoms with Crippen molar-refractivity contribution in [3.8, 4) is 0 Å². The van der Waals surface area contributed by atoms with E-state index in [2.05, 4.69) is 10.2 Å². The number of nitrogens with zero attached hydrogens (tertiary/aromatic N) is 1. The lowest BCUT2D eigenvalue weighted by molar-refractivity contribution is 0.0824. The van der Waals surface area contributed by atoms with Crippen LogP contribution in [0.4, 0.5) is 0 Å². The standard InChI is InChI=1S/C12H26N2O2/c1-3-12(15)10-14(7-8-16-2)9-11-5-4-6-13-11/h11-13,15H,3-10H2,1-2H3. The van der Waals surface area contributed by atoms with Crippen LogP contribution in [-0.4, -0.2) is 62.0 Å². The Kier molecular flexibility index (Phi) is 6.96. The monoisotopic (exact) mass is 230 g/mol. The van der Waals surface area contributed by atoms with Gasteiger partial charge in [0.25, 0.3) is 0 Å². The molecule has 1 aliphatic heterocycles. The summed E-state index contributed by atoms with van der Waals surface area (Å²) in [4.78, 5) is 2.31. The Labute approximate surface area is 99.0 Å². The molecule has 96 valence electrons. The highest BCUT2D eigenvalue weighted by Crippen LogP contribution is 2.08. The summed E-state index contributed by atoms with van der Waals surface area (Å²) in [5.41, 5.74) is 0. The van der Waals surface area contributed by atoms with Gasteiger partial charge >= 0.3 is 0 Å². The molecule has 2 atom stereocenters. The number of methoxy groups -OCH3 is 1. The van der Waals surface area contributed by atoms with Crippen LogP contribution in [0.1, 0.15) is 26.2 Å². The number of hydrogen-bond acceptors (Lipinski definition) is 4. The molecule has 1 aliphatic rings. The molecule has 4 heteroatoms. The van der Waals surface area contributed by atoms with Gasteiger partial charge in [-0.2, -0.15) is 0 Å². The zero-order valence-corrected chi connectivity index (χ0v) is 10.6. The van der Waals surface area contributed by atoms with Gasteiger partial charge in [-0.25, -0.2) is 0 Å². The fraction of sp³-hybridized carbons (Fsp3) is 1.00. The van der Waals surface area contributed by atoms with Gasteiger partial charge in [-0.05, 0) is 25.8 Å². The minimum Gasteiger partial charge on any atom is -0.392 e. The number of ether oxygens (including phenoxy) is 1. The van der Waals surface area contributed by atoms with Gasteiger partial charge in [-0.3, -0.25) is 4.90 Å². The van der Waals surface area contributed by atoms with Crippen molar-refractivity contribution in [2.24, 2.45) is 0 Å². The number of rotatable bonds is 8. The third-order valence-corrected chi connectivity index (χ3v) is 3.19. The van der Waals surface area contributed by atoms with E-state index in [4.69, 9.17) is 4.74 Å². The molecule has 0 saturated carbocycles. The van der Waals surface area contributed by atoms with Crippen LogP contribution in [0.5, 0.6) is 0 Å². The van der Waals surface area contributed by atoms with Gasteiger partial charge in [0.15, 0.2) is 0 Å². The summed E-state index contributed by atoms with van der Waals surface area (Å²) in [5.74, 6) is 0. The molecule has 1 rings (SSSR count). The van der Waals surface area contributed by atoms with Gasteiger partial charge in [-0.15, -0.1) is 0 Å². The quantitative estimate of drug-likeness (QED) is 0.636. The lowest BCUT2D eigenvalue weighted by Crippen LogP contribution is -2.42. The maximum atomic E-state index is 9.70. The van der Waals surface area contributed by atoms with Crippen molar-refractivity contribution in [2.45, 2.75) is 38.3 Å². The molecule has 4 nitrogen and oxygen atoms in total. The largest absolute Gasteiger partial charge is 0.392 e. The summed E-state index contributed by atoms with van der Waals surface area (Å²) in [6, 6.07) is 0.598. The predicted molar refractivity (Wildman–Crippen MR) is 65.6 cm³/mol. The Morgan fingerprint density at radius 1 is 1.56 bits per heavy atom. The molecule has 0 aromatic heterocycles. The van der Waals surface area contributed by atoms with E-state index in [9.17, 15) is 5.11 Å². The van der Waals surface area contributed by atoms with Gasteiger partial charge in [0, 0.05) is 32.8 Å². The molecule has 0 bridgehead atoms. The average Bonchev–Trinajstić information content (AvgIpc) is 2.78. The smallest absolute Gasteiger partial charge is 0.0664 e. The first-order valence-corrected chi connectivity index (χ1v) is 6.39. The Bertz CT molecular complexity index is 172. The highest BCUT2D eigenvalue weighted by Gasteiger charge is 2.19. The second-order valence-corrected chi connectivity index (χ2v) is 4.61. The number of aliphatic hydroxyl groups excluding tert-OH is 1. The van der Waals surface area contributed by atoms with Crippen LogP contribution in [-0.2, 0) is 4.74 Å². The third kappa shape index (κ3) is 5.25. The minimum absolute atomic E-state index is 0.210. The van der Waals surface area contributed by atoms with E-state index >= 15 is 0 Å². The lowest BCUT2D eigenvalue weighted by Gasteiger charge is -2.27. The normalized spacial score (nSPS) is 22.9. The molecular weight excluding hydrogens is 204 g/mol. The summed E-state index contributed by atoms with van der Waals surface area (Å²) in [6.45, 7) is 6.60.